The minimum absolute atomic E-state index is 0.510. The zero-order valence-electron chi connectivity index (χ0n) is 11.2. The third-order valence-corrected chi connectivity index (χ3v) is 4.16. The van der Waals surface area contributed by atoms with Crippen molar-refractivity contribution in [3.8, 4) is 0 Å². The van der Waals surface area contributed by atoms with E-state index in [-0.39, 0.29) is 0 Å². The Morgan fingerprint density at radius 2 is 2.06 bits per heavy atom. The van der Waals surface area contributed by atoms with Crippen LogP contribution < -0.4 is 10.6 Å². The number of anilines is 2. The molecule has 1 aliphatic rings. The smallest absolute Gasteiger partial charge is 0.151 e. The topological polar surface area (TPSA) is 42.2 Å². The Labute approximate surface area is 104 Å². The Balaban J connectivity index is 2.10. The van der Waals surface area contributed by atoms with Gasteiger partial charge in [0.15, 0.2) is 5.82 Å². The Morgan fingerprint density at radius 3 is 2.59 bits per heavy atom. The second-order valence-electron chi connectivity index (χ2n) is 5.58. The molecular formula is C14H23N3. The highest BCUT2D eigenvalue weighted by Crippen LogP contribution is 2.36. The summed E-state index contributed by atoms with van der Waals surface area (Å²) in [4.78, 5) is 6.80. The molecule has 2 rings (SSSR count). The van der Waals surface area contributed by atoms with Crippen LogP contribution in [0.2, 0.25) is 0 Å². The molecule has 0 radical (unpaired) electrons. The van der Waals surface area contributed by atoms with Gasteiger partial charge in [0.1, 0.15) is 0 Å². The fraction of sp³-hybridized carbons (Fsp3) is 0.643. The fourth-order valence-electron chi connectivity index (χ4n) is 2.46. The molecule has 2 heterocycles. The first-order chi connectivity index (χ1) is 8.04. The van der Waals surface area contributed by atoms with Gasteiger partial charge in [-0.3, -0.25) is 0 Å². The highest BCUT2D eigenvalue weighted by molar-refractivity contribution is 5.63. The van der Waals surface area contributed by atoms with Crippen LogP contribution in [0.25, 0.3) is 0 Å². The maximum atomic E-state index is 6.05. The molecule has 0 atom stereocenters. The summed E-state index contributed by atoms with van der Waals surface area (Å²) in [6, 6.07) is 2.01. The van der Waals surface area contributed by atoms with Crippen LogP contribution in [0.1, 0.15) is 38.7 Å². The average Bonchev–Trinajstić information content (AvgIpc) is 2.31. The first-order valence-electron chi connectivity index (χ1n) is 6.51. The van der Waals surface area contributed by atoms with Gasteiger partial charge in [-0.1, -0.05) is 20.3 Å². The van der Waals surface area contributed by atoms with Crippen LogP contribution in [0, 0.1) is 12.3 Å². The van der Waals surface area contributed by atoms with E-state index in [4.69, 9.17) is 5.73 Å². The van der Waals surface area contributed by atoms with Gasteiger partial charge >= 0.3 is 0 Å². The van der Waals surface area contributed by atoms with E-state index >= 15 is 0 Å². The van der Waals surface area contributed by atoms with Crippen LogP contribution in [0.4, 0.5) is 11.5 Å². The summed E-state index contributed by atoms with van der Waals surface area (Å²) in [6.45, 7) is 8.84. The molecule has 0 bridgehead atoms. The van der Waals surface area contributed by atoms with Gasteiger partial charge in [0.2, 0.25) is 0 Å². The monoisotopic (exact) mass is 233 g/mol. The number of aromatic nitrogens is 1. The maximum Gasteiger partial charge on any atom is 0.151 e. The summed E-state index contributed by atoms with van der Waals surface area (Å²) in [5.74, 6) is 0.966. The molecule has 0 spiro atoms. The normalized spacial score (nSPS) is 19.4. The van der Waals surface area contributed by atoms with Crippen molar-refractivity contribution in [2.45, 2.75) is 40.0 Å². The van der Waals surface area contributed by atoms with Crippen molar-refractivity contribution >= 4 is 11.5 Å². The molecule has 1 aromatic heterocycles. The molecule has 3 nitrogen and oxygen atoms in total. The van der Waals surface area contributed by atoms with Crippen molar-refractivity contribution in [2.75, 3.05) is 23.7 Å². The summed E-state index contributed by atoms with van der Waals surface area (Å²) in [5.41, 5.74) is 8.49. The van der Waals surface area contributed by atoms with E-state index < -0.39 is 0 Å². The largest absolute Gasteiger partial charge is 0.396 e. The van der Waals surface area contributed by atoms with Crippen molar-refractivity contribution in [3.05, 3.63) is 17.8 Å². The van der Waals surface area contributed by atoms with Crippen LogP contribution >= 0.6 is 0 Å². The fourth-order valence-corrected chi connectivity index (χ4v) is 2.46. The van der Waals surface area contributed by atoms with E-state index in [1.807, 2.05) is 19.2 Å². The van der Waals surface area contributed by atoms with E-state index in [1.54, 1.807) is 0 Å². The highest BCUT2D eigenvalue weighted by Gasteiger charge is 2.29. The number of pyridine rings is 1. The van der Waals surface area contributed by atoms with Crippen LogP contribution in [0.15, 0.2) is 12.3 Å². The zero-order valence-corrected chi connectivity index (χ0v) is 11.2. The number of rotatable bonds is 2. The third kappa shape index (κ3) is 2.54. The summed E-state index contributed by atoms with van der Waals surface area (Å²) >= 11 is 0. The second kappa shape index (κ2) is 4.55. The Bertz CT molecular complexity index is 392. The molecule has 1 aromatic rings. The minimum atomic E-state index is 0.510. The summed E-state index contributed by atoms with van der Waals surface area (Å²) in [6.07, 6.45) is 5.63. The molecule has 94 valence electrons. The molecule has 2 N–H and O–H groups in total. The van der Waals surface area contributed by atoms with Crippen molar-refractivity contribution in [3.63, 3.8) is 0 Å². The first-order valence-corrected chi connectivity index (χ1v) is 6.51. The van der Waals surface area contributed by atoms with Crippen LogP contribution in [0.3, 0.4) is 0 Å². The summed E-state index contributed by atoms with van der Waals surface area (Å²) < 4.78 is 0. The Hall–Kier alpha value is -1.25. The van der Waals surface area contributed by atoms with E-state index in [0.717, 1.165) is 30.2 Å². The lowest BCUT2D eigenvalue weighted by Gasteiger charge is -2.39. The van der Waals surface area contributed by atoms with Gasteiger partial charge in [-0.25, -0.2) is 4.98 Å². The molecule has 0 unspecified atom stereocenters. The second-order valence-corrected chi connectivity index (χ2v) is 5.58. The molecule has 17 heavy (non-hydrogen) atoms. The van der Waals surface area contributed by atoms with E-state index in [1.165, 1.54) is 19.3 Å². The Morgan fingerprint density at radius 1 is 1.41 bits per heavy atom. The predicted octanol–water partition coefficient (Wildman–Crippen LogP) is 2.99. The van der Waals surface area contributed by atoms with E-state index in [0.29, 0.717) is 5.41 Å². The molecule has 0 amide bonds. The third-order valence-electron chi connectivity index (χ3n) is 4.16. The van der Waals surface area contributed by atoms with Crippen molar-refractivity contribution in [1.29, 1.82) is 0 Å². The quantitative estimate of drug-likeness (QED) is 0.854. The lowest BCUT2D eigenvalue weighted by molar-refractivity contribution is 0.238. The number of piperidine rings is 1. The number of nitrogen functional groups attached to an aromatic ring is 1. The average molecular weight is 233 g/mol. The van der Waals surface area contributed by atoms with E-state index in [9.17, 15) is 0 Å². The van der Waals surface area contributed by atoms with Gasteiger partial charge < -0.3 is 10.6 Å². The standard InChI is InChI=1S/C14H23N3/c1-4-14(3)5-7-17(8-6-14)13-12(15)9-11(2)10-16-13/h9-10H,4-8,15H2,1-3H3. The maximum absolute atomic E-state index is 6.05. The van der Waals surface area contributed by atoms with Gasteiger partial charge in [-0.2, -0.15) is 0 Å². The van der Waals surface area contributed by atoms with Gasteiger partial charge in [-0.15, -0.1) is 0 Å². The van der Waals surface area contributed by atoms with E-state index in [2.05, 4.69) is 23.7 Å². The summed E-state index contributed by atoms with van der Waals surface area (Å²) in [5, 5.41) is 0. The molecule has 3 heteroatoms. The van der Waals surface area contributed by atoms with Crippen molar-refractivity contribution in [2.24, 2.45) is 5.41 Å². The van der Waals surface area contributed by atoms with Crippen LogP contribution in [0.5, 0.6) is 0 Å². The van der Waals surface area contributed by atoms with Crippen molar-refractivity contribution in [1.82, 2.24) is 4.98 Å². The molecule has 1 aliphatic heterocycles. The van der Waals surface area contributed by atoms with Gasteiger partial charge in [0, 0.05) is 19.3 Å². The number of nitrogens with zero attached hydrogens (tertiary/aromatic N) is 2. The van der Waals surface area contributed by atoms with Gasteiger partial charge in [0.05, 0.1) is 5.69 Å². The molecular weight excluding hydrogens is 210 g/mol. The SMILES string of the molecule is CCC1(C)CCN(c2ncc(C)cc2N)CC1. The number of hydrogen-bond acceptors (Lipinski definition) is 3. The molecule has 0 aromatic carbocycles. The predicted molar refractivity (Wildman–Crippen MR) is 73.2 cm³/mol. The van der Waals surface area contributed by atoms with Crippen LogP contribution in [-0.4, -0.2) is 18.1 Å². The first kappa shape index (κ1) is 12.2. The number of nitrogens with two attached hydrogens (primary N) is 1. The summed E-state index contributed by atoms with van der Waals surface area (Å²) in [7, 11) is 0. The van der Waals surface area contributed by atoms with Gasteiger partial charge in [0.25, 0.3) is 0 Å². The number of hydrogen-bond donors (Lipinski definition) is 1. The minimum Gasteiger partial charge on any atom is -0.396 e. The Kier molecular flexibility index (Phi) is 3.27. The highest BCUT2D eigenvalue weighted by atomic mass is 15.2. The lowest BCUT2D eigenvalue weighted by Crippen LogP contribution is -2.39. The van der Waals surface area contributed by atoms with Gasteiger partial charge in [-0.05, 0) is 36.8 Å². The van der Waals surface area contributed by atoms with Crippen molar-refractivity contribution < 1.29 is 0 Å². The van der Waals surface area contributed by atoms with Crippen LogP contribution in [-0.2, 0) is 0 Å². The molecule has 0 aliphatic carbocycles. The molecule has 1 saturated heterocycles. The lowest BCUT2D eigenvalue weighted by atomic mass is 9.78. The number of aryl methyl sites for hydroxylation is 1. The zero-order chi connectivity index (χ0) is 12.5. The molecule has 0 saturated carbocycles. The molecule has 1 fully saturated rings.